The van der Waals surface area contributed by atoms with E-state index in [9.17, 15) is 0 Å². The maximum atomic E-state index is 5.98. The summed E-state index contributed by atoms with van der Waals surface area (Å²) >= 11 is 5.98. The molecule has 6 nitrogen and oxygen atoms in total. The third kappa shape index (κ3) is 4.88. The van der Waals surface area contributed by atoms with Gasteiger partial charge in [0, 0.05) is 47.7 Å². The Morgan fingerprint density at radius 2 is 1.57 bits per heavy atom. The summed E-state index contributed by atoms with van der Waals surface area (Å²) in [5, 5.41) is 4.33. The zero-order valence-electron chi connectivity index (χ0n) is 23.7. The van der Waals surface area contributed by atoms with Crippen molar-refractivity contribution in [3.63, 3.8) is 0 Å². The molecule has 2 aromatic carbocycles. The first-order valence-corrected chi connectivity index (χ1v) is 14.6. The van der Waals surface area contributed by atoms with E-state index in [1.165, 1.54) is 28.2 Å². The molecule has 6 rings (SSSR count). The molecule has 4 heterocycles. The monoisotopic (exact) mass is 551 g/mol. The molecular weight excluding hydrogens is 514 g/mol. The summed E-state index contributed by atoms with van der Waals surface area (Å²) in [7, 11) is 0. The molecule has 2 aliphatic heterocycles. The number of hydrogen-bond acceptors (Lipinski definition) is 4. The first kappa shape index (κ1) is 26.5. The van der Waals surface area contributed by atoms with E-state index in [4.69, 9.17) is 21.9 Å². The average molecular weight is 552 g/mol. The van der Waals surface area contributed by atoms with E-state index in [1.54, 1.807) is 0 Å². The minimum atomic E-state index is -0.0730. The Labute approximate surface area is 242 Å². The molecule has 206 valence electrons. The van der Waals surface area contributed by atoms with Crippen LogP contribution in [0.15, 0.2) is 79.0 Å². The van der Waals surface area contributed by atoms with Gasteiger partial charge in [-0.25, -0.2) is 0 Å². The molecule has 4 aromatic rings. The molecule has 40 heavy (non-hydrogen) atoms. The Morgan fingerprint density at radius 1 is 0.900 bits per heavy atom. The van der Waals surface area contributed by atoms with Crippen molar-refractivity contribution in [1.29, 1.82) is 0 Å². The van der Waals surface area contributed by atoms with E-state index in [2.05, 4.69) is 108 Å². The van der Waals surface area contributed by atoms with Crippen molar-refractivity contribution in [3.8, 4) is 5.69 Å². The molecule has 2 atom stereocenters. The van der Waals surface area contributed by atoms with Crippen molar-refractivity contribution in [2.75, 3.05) is 36.1 Å². The van der Waals surface area contributed by atoms with Crippen LogP contribution >= 0.6 is 12.2 Å². The summed E-state index contributed by atoms with van der Waals surface area (Å²) in [4.78, 5) is 9.40. The summed E-state index contributed by atoms with van der Waals surface area (Å²) in [5.41, 5.74) is 9.43. The van der Waals surface area contributed by atoms with Gasteiger partial charge in [0.2, 0.25) is 0 Å². The molecular formula is C33H37N5OS. The number of pyridine rings is 1. The number of nitrogens with zero attached hydrogens (tertiary/aromatic N) is 4. The topological polar surface area (TPSA) is 45.6 Å². The lowest BCUT2D eigenvalue weighted by Gasteiger charge is -2.29. The van der Waals surface area contributed by atoms with Crippen LogP contribution in [0.1, 0.15) is 60.1 Å². The van der Waals surface area contributed by atoms with E-state index >= 15 is 0 Å². The highest BCUT2D eigenvalue weighted by Gasteiger charge is 2.42. The number of aryl methyl sites for hydroxylation is 1. The number of morpholine rings is 1. The van der Waals surface area contributed by atoms with E-state index in [-0.39, 0.29) is 12.1 Å². The summed E-state index contributed by atoms with van der Waals surface area (Å²) in [6.07, 6.45) is 1.86. The molecule has 2 fully saturated rings. The fourth-order valence-electron chi connectivity index (χ4n) is 6.09. The lowest BCUT2D eigenvalue weighted by Crippen LogP contribution is -2.36. The molecule has 0 bridgehead atoms. The molecule has 1 N–H and O–H groups in total. The minimum Gasteiger partial charge on any atom is -0.378 e. The standard InChI is InChI=1S/C33H37N5OS/c1-22(2)25-8-10-28(11-9-25)38-32(31(35-33(38)40)30-7-5-6-16-34-30)29-21-23(3)37(24(29)4)27-14-12-26(13-15-27)36-17-19-39-20-18-36/h5-16,21-22,31-32H,17-20H2,1-4H3,(H,35,40)/t31-,32-/m1/s1. The minimum absolute atomic E-state index is 0.0418. The highest BCUT2D eigenvalue weighted by Crippen LogP contribution is 2.44. The Bertz CT molecular complexity index is 1470. The van der Waals surface area contributed by atoms with Gasteiger partial charge in [-0.1, -0.05) is 32.0 Å². The van der Waals surface area contributed by atoms with Crippen molar-refractivity contribution in [2.24, 2.45) is 0 Å². The van der Waals surface area contributed by atoms with Gasteiger partial charge < -0.3 is 24.4 Å². The smallest absolute Gasteiger partial charge is 0.174 e. The van der Waals surface area contributed by atoms with Crippen molar-refractivity contribution >= 4 is 28.7 Å². The number of ether oxygens (including phenoxy) is 1. The van der Waals surface area contributed by atoms with Crippen LogP contribution in [0, 0.1) is 13.8 Å². The normalized spacial score (nSPS) is 19.4. The van der Waals surface area contributed by atoms with Gasteiger partial charge in [0.15, 0.2) is 5.11 Å². The molecule has 0 unspecified atom stereocenters. The first-order chi connectivity index (χ1) is 19.4. The molecule has 7 heteroatoms. The molecule has 0 aliphatic carbocycles. The SMILES string of the molecule is Cc1cc([C@@H]2[C@@H](c3ccccn3)NC(=S)N2c2ccc(C(C)C)cc2)c(C)n1-c1ccc(N2CCOCC2)cc1. The van der Waals surface area contributed by atoms with Gasteiger partial charge in [-0.05, 0) is 97.7 Å². The number of benzene rings is 2. The van der Waals surface area contributed by atoms with Gasteiger partial charge in [0.25, 0.3) is 0 Å². The third-order valence-electron chi connectivity index (χ3n) is 8.21. The molecule has 0 radical (unpaired) electrons. The third-order valence-corrected chi connectivity index (χ3v) is 8.52. The van der Waals surface area contributed by atoms with Gasteiger partial charge in [-0.15, -0.1) is 0 Å². The van der Waals surface area contributed by atoms with Crippen LogP contribution in [0.5, 0.6) is 0 Å². The van der Waals surface area contributed by atoms with E-state index in [0.29, 0.717) is 5.92 Å². The highest BCUT2D eigenvalue weighted by molar-refractivity contribution is 7.80. The van der Waals surface area contributed by atoms with Gasteiger partial charge in [0.1, 0.15) is 0 Å². The predicted molar refractivity (Wildman–Crippen MR) is 167 cm³/mol. The summed E-state index contributed by atoms with van der Waals surface area (Å²) < 4.78 is 7.89. The largest absolute Gasteiger partial charge is 0.378 e. The van der Waals surface area contributed by atoms with Crippen LogP contribution in [0.2, 0.25) is 0 Å². The average Bonchev–Trinajstić information content (AvgIpc) is 3.48. The van der Waals surface area contributed by atoms with Crippen molar-refractivity contribution < 1.29 is 4.74 Å². The van der Waals surface area contributed by atoms with Gasteiger partial charge >= 0.3 is 0 Å². The van der Waals surface area contributed by atoms with Crippen LogP contribution < -0.4 is 15.1 Å². The summed E-state index contributed by atoms with van der Waals surface area (Å²) in [5.74, 6) is 0.475. The number of anilines is 2. The van der Waals surface area contributed by atoms with E-state index in [1.807, 2.05) is 18.3 Å². The summed E-state index contributed by atoms with van der Waals surface area (Å²) in [6, 6.07) is 26.0. The predicted octanol–water partition coefficient (Wildman–Crippen LogP) is 6.63. The maximum absolute atomic E-state index is 5.98. The molecule has 0 saturated carbocycles. The van der Waals surface area contributed by atoms with Crippen molar-refractivity contribution in [2.45, 2.75) is 45.7 Å². The van der Waals surface area contributed by atoms with Crippen molar-refractivity contribution in [3.05, 3.63) is 107 Å². The fourth-order valence-corrected chi connectivity index (χ4v) is 6.43. The Balaban J connectivity index is 1.40. The summed E-state index contributed by atoms with van der Waals surface area (Å²) in [6.45, 7) is 12.3. The molecule has 0 amide bonds. The van der Waals surface area contributed by atoms with Crippen LogP contribution in [0.3, 0.4) is 0 Å². The highest BCUT2D eigenvalue weighted by atomic mass is 32.1. The number of nitrogens with one attached hydrogen (secondary N) is 1. The van der Waals surface area contributed by atoms with Crippen LogP contribution in [0.25, 0.3) is 5.69 Å². The van der Waals surface area contributed by atoms with Crippen molar-refractivity contribution in [1.82, 2.24) is 14.9 Å². The molecule has 0 spiro atoms. The zero-order chi connectivity index (χ0) is 27.8. The Morgan fingerprint density at radius 3 is 2.23 bits per heavy atom. The maximum Gasteiger partial charge on any atom is 0.174 e. The van der Waals surface area contributed by atoms with E-state index < -0.39 is 0 Å². The van der Waals surface area contributed by atoms with Crippen LogP contribution in [0.4, 0.5) is 11.4 Å². The Hall–Kier alpha value is -3.68. The van der Waals surface area contributed by atoms with E-state index in [0.717, 1.165) is 48.5 Å². The number of hydrogen-bond donors (Lipinski definition) is 1. The van der Waals surface area contributed by atoms with Gasteiger partial charge in [0.05, 0.1) is 31.0 Å². The molecule has 2 saturated heterocycles. The molecule has 2 aliphatic rings. The fraction of sp³-hybridized carbons (Fsp3) is 0.333. The Kier molecular flexibility index (Phi) is 7.34. The number of thiocarbonyl (C=S) groups is 1. The van der Waals surface area contributed by atoms with Crippen LogP contribution in [-0.2, 0) is 4.74 Å². The zero-order valence-corrected chi connectivity index (χ0v) is 24.5. The second kappa shape index (κ2) is 11.1. The molecule has 2 aromatic heterocycles. The second-order valence-corrected chi connectivity index (χ2v) is 11.4. The lowest BCUT2D eigenvalue weighted by molar-refractivity contribution is 0.122. The number of aromatic nitrogens is 2. The lowest BCUT2D eigenvalue weighted by atomic mass is 9.96. The van der Waals surface area contributed by atoms with Gasteiger partial charge in [-0.2, -0.15) is 0 Å². The quantitative estimate of drug-likeness (QED) is 0.272. The first-order valence-electron chi connectivity index (χ1n) is 14.1. The number of rotatable bonds is 6. The van der Waals surface area contributed by atoms with Gasteiger partial charge in [-0.3, -0.25) is 4.98 Å². The van der Waals surface area contributed by atoms with Crippen LogP contribution in [-0.4, -0.2) is 41.0 Å². The second-order valence-electron chi connectivity index (χ2n) is 11.0.